The van der Waals surface area contributed by atoms with Gasteiger partial charge in [0, 0.05) is 11.4 Å². The van der Waals surface area contributed by atoms with Gasteiger partial charge in [0.05, 0.1) is 6.10 Å². The second kappa shape index (κ2) is 7.30. The van der Waals surface area contributed by atoms with Crippen molar-refractivity contribution < 1.29 is 4.74 Å². The SMILES string of the molecule is Cc1ccc(CC(Br)CCC2CCCCO2)cc1. The Balaban J connectivity index is 1.71. The van der Waals surface area contributed by atoms with Crippen LogP contribution in [0.1, 0.15) is 43.2 Å². The molecule has 1 saturated heterocycles. The maximum Gasteiger partial charge on any atom is 0.0575 e. The number of ether oxygens (including phenoxy) is 1. The summed E-state index contributed by atoms with van der Waals surface area (Å²) in [6.45, 7) is 3.10. The van der Waals surface area contributed by atoms with Crippen molar-refractivity contribution in [3.05, 3.63) is 35.4 Å². The van der Waals surface area contributed by atoms with Crippen LogP contribution in [0.5, 0.6) is 0 Å². The molecule has 0 amide bonds. The fraction of sp³-hybridized carbons (Fsp3) is 0.625. The van der Waals surface area contributed by atoms with E-state index in [1.165, 1.54) is 43.2 Å². The lowest BCUT2D eigenvalue weighted by molar-refractivity contribution is 0.0102. The monoisotopic (exact) mass is 310 g/mol. The molecule has 0 spiro atoms. The van der Waals surface area contributed by atoms with Crippen molar-refractivity contribution in [1.82, 2.24) is 0 Å². The third-order valence-electron chi connectivity index (χ3n) is 3.65. The first-order valence-corrected chi connectivity index (χ1v) is 7.97. The molecule has 1 fully saturated rings. The maximum absolute atomic E-state index is 5.77. The van der Waals surface area contributed by atoms with Crippen LogP contribution >= 0.6 is 15.9 Å². The molecule has 1 aromatic carbocycles. The number of alkyl halides is 1. The number of hydrogen-bond donors (Lipinski definition) is 0. The molecule has 1 heterocycles. The molecule has 2 atom stereocenters. The zero-order chi connectivity index (χ0) is 12.8. The Kier molecular flexibility index (Phi) is 5.71. The Bertz CT molecular complexity index is 341. The van der Waals surface area contributed by atoms with Crippen LogP contribution in [0.4, 0.5) is 0 Å². The van der Waals surface area contributed by atoms with E-state index in [0.29, 0.717) is 10.9 Å². The van der Waals surface area contributed by atoms with Gasteiger partial charge in [0.15, 0.2) is 0 Å². The molecule has 1 aliphatic heterocycles. The maximum atomic E-state index is 5.77. The lowest BCUT2D eigenvalue weighted by atomic mass is 10.0. The van der Waals surface area contributed by atoms with Gasteiger partial charge in [-0.1, -0.05) is 45.8 Å². The van der Waals surface area contributed by atoms with Gasteiger partial charge in [0.25, 0.3) is 0 Å². The fourth-order valence-electron chi connectivity index (χ4n) is 2.48. The van der Waals surface area contributed by atoms with Gasteiger partial charge >= 0.3 is 0 Å². The lowest BCUT2D eigenvalue weighted by Gasteiger charge is -2.23. The van der Waals surface area contributed by atoms with Crippen molar-refractivity contribution in [2.75, 3.05) is 6.61 Å². The van der Waals surface area contributed by atoms with E-state index in [4.69, 9.17) is 4.74 Å². The zero-order valence-corrected chi connectivity index (χ0v) is 12.8. The van der Waals surface area contributed by atoms with Gasteiger partial charge in [-0.05, 0) is 51.0 Å². The normalized spacial score (nSPS) is 21.8. The van der Waals surface area contributed by atoms with E-state index < -0.39 is 0 Å². The minimum atomic E-state index is 0.511. The van der Waals surface area contributed by atoms with Crippen molar-refractivity contribution in [3.63, 3.8) is 0 Å². The summed E-state index contributed by atoms with van der Waals surface area (Å²) in [4.78, 5) is 0.575. The number of aryl methyl sites for hydroxylation is 1. The third-order valence-corrected chi connectivity index (χ3v) is 4.44. The van der Waals surface area contributed by atoms with Crippen LogP contribution in [0.3, 0.4) is 0 Å². The summed E-state index contributed by atoms with van der Waals surface area (Å²) in [5, 5.41) is 0. The van der Waals surface area contributed by atoms with Gasteiger partial charge in [-0.25, -0.2) is 0 Å². The first kappa shape index (κ1) is 14.1. The average molecular weight is 311 g/mol. The highest BCUT2D eigenvalue weighted by molar-refractivity contribution is 9.09. The zero-order valence-electron chi connectivity index (χ0n) is 11.2. The van der Waals surface area contributed by atoms with Crippen molar-refractivity contribution in [1.29, 1.82) is 0 Å². The highest BCUT2D eigenvalue weighted by Crippen LogP contribution is 2.22. The summed E-state index contributed by atoms with van der Waals surface area (Å²) >= 11 is 3.80. The molecular weight excluding hydrogens is 288 g/mol. The van der Waals surface area contributed by atoms with Gasteiger partial charge in [-0.2, -0.15) is 0 Å². The molecule has 1 nitrogen and oxygen atoms in total. The molecule has 2 rings (SSSR count). The Morgan fingerprint density at radius 3 is 2.72 bits per heavy atom. The van der Waals surface area contributed by atoms with Gasteiger partial charge < -0.3 is 4.74 Å². The number of halogens is 1. The Morgan fingerprint density at radius 1 is 1.28 bits per heavy atom. The molecule has 18 heavy (non-hydrogen) atoms. The van der Waals surface area contributed by atoms with Crippen LogP contribution in [-0.4, -0.2) is 17.5 Å². The number of rotatable bonds is 5. The standard InChI is InChI=1S/C16H23BrO/c1-13-5-7-14(8-6-13)12-15(17)9-10-16-4-2-3-11-18-16/h5-8,15-16H,2-4,9-12H2,1H3. The van der Waals surface area contributed by atoms with E-state index in [1.54, 1.807) is 0 Å². The molecule has 0 saturated carbocycles. The molecular formula is C16H23BrO. The predicted molar refractivity (Wildman–Crippen MR) is 80.4 cm³/mol. The Morgan fingerprint density at radius 2 is 2.06 bits per heavy atom. The summed E-state index contributed by atoms with van der Waals surface area (Å²) in [6, 6.07) is 8.86. The molecule has 1 aromatic rings. The molecule has 100 valence electrons. The first-order chi connectivity index (χ1) is 8.74. The minimum Gasteiger partial charge on any atom is -0.378 e. The van der Waals surface area contributed by atoms with Crippen molar-refractivity contribution in [3.8, 4) is 0 Å². The largest absolute Gasteiger partial charge is 0.378 e. The third kappa shape index (κ3) is 4.74. The van der Waals surface area contributed by atoms with Gasteiger partial charge in [-0.15, -0.1) is 0 Å². The topological polar surface area (TPSA) is 9.23 Å². The van der Waals surface area contributed by atoms with Crippen molar-refractivity contribution >= 4 is 15.9 Å². The predicted octanol–water partition coefficient (Wildman–Crippen LogP) is 4.65. The summed E-state index contributed by atoms with van der Waals surface area (Å²) in [6.07, 6.45) is 7.88. The molecule has 0 bridgehead atoms. The van der Waals surface area contributed by atoms with Crippen LogP contribution in [0.25, 0.3) is 0 Å². The van der Waals surface area contributed by atoms with E-state index in [0.717, 1.165) is 13.0 Å². The average Bonchev–Trinajstić information content (AvgIpc) is 2.40. The van der Waals surface area contributed by atoms with Crippen LogP contribution < -0.4 is 0 Å². The van der Waals surface area contributed by atoms with E-state index in [9.17, 15) is 0 Å². The van der Waals surface area contributed by atoms with Crippen molar-refractivity contribution in [2.24, 2.45) is 0 Å². The lowest BCUT2D eigenvalue weighted by Crippen LogP contribution is -2.20. The number of hydrogen-bond acceptors (Lipinski definition) is 1. The Hall–Kier alpha value is -0.340. The van der Waals surface area contributed by atoms with Gasteiger partial charge in [0.1, 0.15) is 0 Å². The Labute approximate surface area is 119 Å². The van der Waals surface area contributed by atoms with E-state index in [-0.39, 0.29) is 0 Å². The molecule has 2 unspecified atom stereocenters. The first-order valence-electron chi connectivity index (χ1n) is 7.05. The van der Waals surface area contributed by atoms with Gasteiger partial charge in [0.2, 0.25) is 0 Å². The van der Waals surface area contributed by atoms with Crippen molar-refractivity contribution in [2.45, 2.75) is 56.4 Å². The molecule has 0 N–H and O–H groups in total. The molecule has 1 aliphatic rings. The van der Waals surface area contributed by atoms with E-state index in [1.807, 2.05) is 0 Å². The highest BCUT2D eigenvalue weighted by atomic mass is 79.9. The molecule has 0 aromatic heterocycles. The number of benzene rings is 1. The molecule has 0 radical (unpaired) electrons. The molecule has 2 heteroatoms. The summed E-state index contributed by atoms with van der Waals surface area (Å²) in [5.41, 5.74) is 2.76. The van der Waals surface area contributed by atoms with Crippen LogP contribution in [-0.2, 0) is 11.2 Å². The van der Waals surface area contributed by atoms with E-state index >= 15 is 0 Å². The summed E-state index contributed by atoms with van der Waals surface area (Å²) < 4.78 is 5.77. The quantitative estimate of drug-likeness (QED) is 0.719. The van der Waals surface area contributed by atoms with Crippen LogP contribution in [0.2, 0.25) is 0 Å². The minimum absolute atomic E-state index is 0.511. The van der Waals surface area contributed by atoms with E-state index in [2.05, 4.69) is 47.1 Å². The second-order valence-electron chi connectivity index (χ2n) is 5.35. The summed E-state index contributed by atoms with van der Waals surface area (Å²) in [5.74, 6) is 0. The smallest absolute Gasteiger partial charge is 0.0575 e. The van der Waals surface area contributed by atoms with Gasteiger partial charge in [-0.3, -0.25) is 0 Å². The second-order valence-corrected chi connectivity index (χ2v) is 6.65. The van der Waals surface area contributed by atoms with Crippen LogP contribution in [0.15, 0.2) is 24.3 Å². The highest BCUT2D eigenvalue weighted by Gasteiger charge is 2.15. The van der Waals surface area contributed by atoms with Crippen LogP contribution in [0, 0.1) is 6.92 Å². The fourth-order valence-corrected chi connectivity index (χ4v) is 3.12. The molecule has 0 aliphatic carbocycles. The summed E-state index contributed by atoms with van der Waals surface area (Å²) in [7, 11) is 0.